The van der Waals surface area contributed by atoms with Crippen LogP contribution in [0.2, 0.25) is 0 Å². The van der Waals surface area contributed by atoms with Gasteiger partial charge in [0.05, 0.1) is 17.5 Å². The van der Waals surface area contributed by atoms with Crippen molar-refractivity contribution in [3.63, 3.8) is 0 Å². The van der Waals surface area contributed by atoms with E-state index in [1.54, 1.807) is 6.92 Å². The highest BCUT2D eigenvalue weighted by Gasteiger charge is 2.19. The van der Waals surface area contributed by atoms with E-state index in [9.17, 15) is 9.59 Å². The lowest BCUT2D eigenvalue weighted by Gasteiger charge is -2.19. The Morgan fingerprint density at radius 3 is 2.57 bits per heavy atom. The number of benzene rings is 1. The SMILES string of the molecule is CCNC(=O)[C@@H](C)Oc1ccc2nc(CCC(=O)OC(C)(C)C)n(CC)c2c1. The maximum absolute atomic E-state index is 12.0. The molecule has 0 fully saturated rings. The van der Waals surface area contributed by atoms with Crippen LogP contribution in [0.25, 0.3) is 11.0 Å². The molecular weight excluding hydrogens is 358 g/mol. The minimum atomic E-state index is -0.581. The molecule has 1 atom stereocenters. The van der Waals surface area contributed by atoms with Crippen molar-refractivity contribution in [1.29, 1.82) is 0 Å². The number of aryl methyl sites for hydroxylation is 2. The van der Waals surface area contributed by atoms with Crippen LogP contribution in [-0.2, 0) is 27.3 Å². The van der Waals surface area contributed by atoms with Crippen LogP contribution in [0.3, 0.4) is 0 Å². The van der Waals surface area contributed by atoms with E-state index in [-0.39, 0.29) is 18.3 Å². The summed E-state index contributed by atoms with van der Waals surface area (Å²) in [6, 6.07) is 5.57. The van der Waals surface area contributed by atoms with Gasteiger partial charge in [-0.3, -0.25) is 9.59 Å². The number of amides is 1. The molecule has 1 aromatic carbocycles. The van der Waals surface area contributed by atoms with Gasteiger partial charge in [-0.25, -0.2) is 4.98 Å². The van der Waals surface area contributed by atoms with Crippen LogP contribution < -0.4 is 10.1 Å². The first-order valence-corrected chi connectivity index (χ1v) is 9.80. The lowest BCUT2D eigenvalue weighted by Crippen LogP contribution is -2.36. The van der Waals surface area contributed by atoms with Crippen molar-refractivity contribution >= 4 is 22.9 Å². The Bertz CT molecular complexity index is 836. The van der Waals surface area contributed by atoms with E-state index in [0.29, 0.717) is 18.7 Å². The summed E-state index contributed by atoms with van der Waals surface area (Å²) >= 11 is 0. The van der Waals surface area contributed by atoms with Crippen molar-refractivity contribution in [1.82, 2.24) is 14.9 Å². The predicted octanol–water partition coefficient (Wildman–Crippen LogP) is 3.23. The largest absolute Gasteiger partial charge is 0.481 e. The van der Waals surface area contributed by atoms with Gasteiger partial charge < -0.3 is 19.4 Å². The number of carbonyl (C=O) groups is 2. The van der Waals surface area contributed by atoms with Gasteiger partial charge in [0.25, 0.3) is 5.91 Å². The zero-order valence-electron chi connectivity index (χ0n) is 17.7. The third-order valence-corrected chi connectivity index (χ3v) is 4.12. The number of nitrogens with one attached hydrogen (secondary N) is 1. The number of aromatic nitrogens is 2. The second-order valence-electron chi connectivity index (χ2n) is 7.66. The van der Waals surface area contributed by atoms with E-state index in [4.69, 9.17) is 9.47 Å². The van der Waals surface area contributed by atoms with Crippen molar-refractivity contribution in [2.24, 2.45) is 0 Å². The highest BCUT2D eigenvalue weighted by molar-refractivity contribution is 5.81. The second-order valence-corrected chi connectivity index (χ2v) is 7.66. The third-order valence-electron chi connectivity index (χ3n) is 4.12. The summed E-state index contributed by atoms with van der Waals surface area (Å²) in [4.78, 5) is 28.6. The molecule has 0 radical (unpaired) electrons. The standard InChI is InChI=1S/C21H31N3O4/c1-7-22-20(26)14(3)27-15-9-10-16-17(13-15)24(8-2)18(23-16)11-12-19(25)28-21(4,5)6/h9-10,13-14H,7-8,11-12H2,1-6H3,(H,22,26)/t14-/m1/s1. The minimum absolute atomic E-state index is 0.148. The molecule has 28 heavy (non-hydrogen) atoms. The summed E-state index contributed by atoms with van der Waals surface area (Å²) < 4.78 is 13.2. The lowest BCUT2D eigenvalue weighted by atomic mass is 10.2. The molecule has 7 heteroatoms. The Balaban J connectivity index is 2.17. The fraction of sp³-hybridized carbons (Fsp3) is 0.571. The fourth-order valence-electron chi connectivity index (χ4n) is 2.95. The molecule has 1 N–H and O–H groups in total. The van der Waals surface area contributed by atoms with E-state index in [1.807, 2.05) is 52.8 Å². The average Bonchev–Trinajstić information content (AvgIpc) is 2.95. The summed E-state index contributed by atoms with van der Waals surface area (Å²) in [7, 11) is 0. The zero-order chi connectivity index (χ0) is 20.9. The molecule has 2 aromatic rings. The second kappa shape index (κ2) is 9.08. The summed E-state index contributed by atoms with van der Waals surface area (Å²) in [5.41, 5.74) is 1.26. The minimum Gasteiger partial charge on any atom is -0.481 e. The van der Waals surface area contributed by atoms with Gasteiger partial charge in [-0.15, -0.1) is 0 Å². The van der Waals surface area contributed by atoms with Gasteiger partial charge in [0.2, 0.25) is 0 Å². The normalized spacial score (nSPS) is 12.6. The first kappa shape index (κ1) is 21.7. The van der Waals surface area contributed by atoms with E-state index < -0.39 is 11.7 Å². The van der Waals surface area contributed by atoms with E-state index in [0.717, 1.165) is 23.4 Å². The molecule has 0 bridgehead atoms. The Kier molecular flexibility index (Phi) is 7.05. The molecule has 0 saturated carbocycles. The summed E-state index contributed by atoms with van der Waals surface area (Å²) in [5.74, 6) is 1.06. The van der Waals surface area contributed by atoms with Gasteiger partial charge in [-0.05, 0) is 53.7 Å². The molecule has 1 amide bonds. The molecule has 1 heterocycles. The van der Waals surface area contributed by atoms with E-state index in [2.05, 4.69) is 14.9 Å². The quantitative estimate of drug-likeness (QED) is 0.701. The molecule has 0 unspecified atom stereocenters. The number of hydrogen-bond donors (Lipinski definition) is 1. The van der Waals surface area contributed by atoms with Crippen molar-refractivity contribution in [3.05, 3.63) is 24.0 Å². The summed E-state index contributed by atoms with van der Waals surface area (Å²) in [5, 5.41) is 2.75. The van der Waals surface area contributed by atoms with Gasteiger partial charge in [-0.2, -0.15) is 0 Å². The Morgan fingerprint density at radius 1 is 1.25 bits per heavy atom. The molecule has 154 valence electrons. The number of rotatable bonds is 8. The summed E-state index contributed by atoms with van der Waals surface area (Å²) in [6.45, 7) is 12.5. The molecule has 0 aliphatic heterocycles. The smallest absolute Gasteiger partial charge is 0.306 e. The van der Waals surface area contributed by atoms with Crippen molar-refractivity contribution in [3.8, 4) is 5.75 Å². The van der Waals surface area contributed by atoms with Gasteiger partial charge in [0.15, 0.2) is 6.10 Å². The molecule has 0 aliphatic rings. The van der Waals surface area contributed by atoms with Crippen molar-refractivity contribution < 1.29 is 19.1 Å². The lowest BCUT2D eigenvalue weighted by molar-refractivity contribution is -0.154. The van der Waals surface area contributed by atoms with Crippen molar-refractivity contribution in [2.75, 3.05) is 6.54 Å². The topological polar surface area (TPSA) is 82.4 Å². The number of hydrogen-bond acceptors (Lipinski definition) is 5. The molecule has 0 spiro atoms. The van der Waals surface area contributed by atoms with Crippen molar-refractivity contribution in [2.45, 2.75) is 72.6 Å². The van der Waals surface area contributed by atoms with Crippen LogP contribution in [0.4, 0.5) is 0 Å². The highest BCUT2D eigenvalue weighted by atomic mass is 16.6. The number of carbonyl (C=O) groups excluding carboxylic acids is 2. The fourth-order valence-corrected chi connectivity index (χ4v) is 2.95. The van der Waals surface area contributed by atoms with Crippen LogP contribution in [0.5, 0.6) is 5.75 Å². The van der Waals surface area contributed by atoms with Crippen LogP contribution in [0, 0.1) is 0 Å². The van der Waals surface area contributed by atoms with Gasteiger partial charge in [0.1, 0.15) is 17.2 Å². The van der Waals surface area contributed by atoms with Crippen LogP contribution in [0.1, 0.15) is 53.8 Å². The number of likely N-dealkylation sites (N-methyl/N-ethyl adjacent to an activating group) is 1. The maximum atomic E-state index is 12.0. The number of ether oxygens (including phenoxy) is 2. The molecule has 7 nitrogen and oxygen atoms in total. The van der Waals surface area contributed by atoms with Crippen LogP contribution in [-0.4, -0.2) is 39.7 Å². The van der Waals surface area contributed by atoms with Crippen LogP contribution in [0.15, 0.2) is 18.2 Å². The highest BCUT2D eigenvalue weighted by Crippen LogP contribution is 2.24. The molecule has 0 saturated heterocycles. The maximum Gasteiger partial charge on any atom is 0.306 e. The summed E-state index contributed by atoms with van der Waals surface area (Å²) in [6.07, 6.45) is 0.197. The number of imidazole rings is 1. The average molecular weight is 389 g/mol. The predicted molar refractivity (Wildman–Crippen MR) is 108 cm³/mol. The third kappa shape index (κ3) is 5.71. The zero-order valence-corrected chi connectivity index (χ0v) is 17.7. The van der Waals surface area contributed by atoms with Gasteiger partial charge >= 0.3 is 5.97 Å². The molecular formula is C21H31N3O4. The Hall–Kier alpha value is -2.57. The van der Waals surface area contributed by atoms with E-state index in [1.165, 1.54) is 0 Å². The Morgan fingerprint density at radius 2 is 1.96 bits per heavy atom. The molecule has 2 rings (SSSR count). The van der Waals surface area contributed by atoms with Gasteiger partial charge in [-0.1, -0.05) is 0 Å². The molecule has 0 aliphatic carbocycles. The van der Waals surface area contributed by atoms with Gasteiger partial charge in [0, 0.05) is 25.6 Å². The molecule has 1 aromatic heterocycles. The number of fused-ring (bicyclic) bond motifs is 1. The first-order chi connectivity index (χ1) is 13.1. The number of esters is 1. The number of nitrogens with zero attached hydrogens (tertiary/aromatic N) is 2. The monoisotopic (exact) mass is 389 g/mol. The Labute approximate surface area is 166 Å². The van der Waals surface area contributed by atoms with Crippen LogP contribution >= 0.6 is 0 Å². The first-order valence-electron chi connectivity index (χ1n) is 9.80. The van der Waals surface area contributed by atoms with E-state index >= 15 is 0 Å².